The molecule has 1 aromatic heterocycles. The number of thiazole rings is 1. The van der Waals surface area contributed by atoms with Crippen LogP contribution in [-0.2, 0) is 14.3 Å². The molecule has 0 spiro atoms. The molecule has 0 aromatic carbocycles. The minimum absolute atomic E-state index is 0.0519. The first kappa shape index (κ1) is 33.4. The number of nitrogens with zero attached hydrogens (tertiary/aromatic N) is 1. The van der Waals surface area contributed by atoms with Crippen molar-refractivity contribution in [3.8, 4) is 0 Å². The molecule has 0 bridgehead atoms. The molecule has 0 saturated carbocycles. The SMILES string of the molecule is C/C(=C\c1csc(C)n1)[C@@H]1C/C=C(/CC2SCCCS2)CCC[C@H](C)[C@H](O)[C@@H](C)C(=O)C(C)(C)[C@@H](O)CC(=O)O1. The Kier molecular flexibility index (Phi) is 12.8. The van der Waals surface area contributed by atoms with Crippen LogP contribution in [0.5, 0.6) is 0 Å². The standard InChI is InChI=1S/C31H47NO5S3/c1-19-9-7-10-23(16-28-38-13-8-14-39-28)11-12-25(20(2)15-24-18-40-22(4)32-24)37-27(34)17-26(33)31(5,6)30(36)21(3)29(19)35/h11,15,18-19,21,25-26,28-29,33,35H,7-10,12-14,16-17H2,1-6H3/b20-15+,23-11+/t19-,21+,25-,26-,29-/m0/s1. The van der Waals surface area contributed by atoms with Crippen LogP contribution in [0.2, 0.25) is 0 Å². The number of thioether (sulfide) groups is 2. The fourth-order valence-electron chi connectivity index (χ4n) is 5.37. The molecule has 0 radical (unpaired) electrons. The van der Waals surface area contributed by atoms with E-state index < -0.39 is 35.6 Å². The van der Waals surface area contributed by atoms with Gasteiger partial charge in [0.25, 0.3) is 0 Å². The van der Waals surface area contributed by atoms with Crippen molar-refractivity contribution in [1.29, 1.82) is 0 Å². The number of aromatic nitrogens is 1. The number of rotatable bonds is 4. The molecule has 0 unspecified atom stereocenters. The molecule has 2 aliphatic heterocycles. The maximum absolute atomic E-state index is 13.4. The Hall–Kier alpha value is -1.13. The van der Waals surface area contributed by atoms with Gasteiger partial charge in [0.15, 0.2) is 0 Å². The lowest BCUT2D eigenvalue weighted by Crippen LogP contribution is -2.45. The smallest absolute Gasteiger partial charge is 0.309 e. The molecule has 3 heterocycles. The number of hydrogen-bond donors (Lipinski definition) is 2. The molecule has 0 amide bonds. The van der Waals surface area contributed by atoms with Gasteiger partial charge in [-0.1, -0.05) is 39.3 Å². The maximum Gasteiger partial charge on any atom is 0.309 e. The van der Waals surface area contributed by atoms with Crippen LogP contribution in [0.4, 0.5) is 0 Å². The Bertz CT molecular complexity index is 1060. The van der Waals surface area contributed by atoms with Gasteiger partial charge >= 0.3 is 5.97 Å². The third-order valence-electron chi connectivity index (χ3n) is 8.23. The molecule has 6 nitrogen and oxygen atoms in total. The lowest BCUT2D eigenvalue weighted by Gasteiger charge is -2.34. The molecule has 9 heteroatoms. The van der Waals surface area contributed by atoms with Crippen molar-refractivity contribution < 1.29 is 24.5 Å². The van der Waals surface area contributed by atoms with Gasteiger partial charge in [-0.25, -0.2) is 4.98 Å². The first-order valence-electron chi connectivity index (χ1n) is 14.5. The fourth-order valence-corrected chi connectivity index (χ4v) is 8.90. The Balaban J connectivity index is 1.92. The highest BCUT2D eigenvalue weighted by Gasteiger charge is 2.42. The first-order chi connectivity index (χ1) is 18.9. The van der Waals surface area contributed by atoms with Crippen molar-refractivity contribution in [3.05, 3.63) is 33.3 Å². The quantitative estimate of drug-likeness (QED) is 0.283. The normalized spacial score (nSPS) is 31.9. The number of carbonyl (C=O) groups excluding carboxylic acids is 2. The highest BCUT2D eigenvalue weighted by molar-refractivity contribution is 8.17. The highest BCUT2D eigenvalue weighted by Crippen LogP contribution is 2.37. The number of aliphatic hydroxyl groups excluding tert-OH is 2. The van der Waals surface area contributed by atoms with Crippen LogP contribution in [0.15, 0.2) is 22.6 Å². The third kappa shape index (κ3) is 9.45. The third-order valence-corrected chi connectivity index (χ3v) is 12.0. The summed E-state index contributed by atoms with van der Waals surface area (Å²) >= 11 is 5.62. The van der Waals surface area contributed by atoms with Gasteiger partial charge in [0.05, 0.1) is 39.3 Å². The van der Waals surface area contributed by atoms with Gasteiger partial charge in [-0.05, 0) is 75.0 Å². The lowest BCUT2D eigenvalue weighted by atomic mass is 9.73. The molecule has 3 rings (SSSR count). The van der Waals surface area contributed by atoms with Crippen LogP contribution >= 0.6 is 34.9 Å². The molecule has 0 aliphatic carbocycles. The van der Waals surface area contributed by atoms with E-state index in [-0.39, 0.29) is 18.1 Å². The lowest BCUT2D eigenvalue weighted by molar-refractivity contribution is -0.154. The van der Waals surface area contributed by atoms with Gasteiger partial charge in [-0.15, -0.1) is 34.9 Å². The zero-order chi connectivity index (χ0) is 29.4. The number of cyclic esters (lactones) is 1. The van der Waals surface area contributed by atoms with Crippen LogP contribution in [0.25, 0.3) is 6.08 Å². The predicted octanol–water partition coefficient (Wildman–Crippen LogP) is 6.83. The number of carbonyl (C=O) groups is 2. The van der Waals surface area contributed by atoms with Gasteiger partial charge in [0.1, 0.15) is 11.9 Å². The van der Waals surface area contributed by atoms with Crippen LogP contribution in [0, 0.1) is 24.2 Å². The Morgan fingerprint density at radius 1 is 1.18 bits per heavy atom. The molecular formula is C31H47NO5S3. The summed E-state index contributed by atoms with van der Waals surface area (Å²) in [5.74, 6) is 0.902. The topological polar surface area (TPSA) is 96.7 Å². The number of ketones is 1. The molecule has 1 fully saturated rings. The molecule has 40 heavy (non-hydrogen) atoms. The summed E-state index contributed by atoms with van der Waals surface area (Å²) in [6.07, 6.45) is 6.83. The molecule has 5 atom stereocenters. The monoisotopic (exact) mass is 609 g/mol. The van der Waals surface area contributed by atoms with Gasteiger partial charge < -0.3 is 14.9 Å². The minimum atomic E-state index is -1.22. The molecule has 1 saturated heterocycles. The van der Waals surface area contributed by atoms with E-state index in [1.54, 1.807) is 32.1 Å². The zero-order valence-electron chi connectivity index (χ0n) is 24.9. The molecule has 1 aromatic rings. The average molecular weight is 610 g/mol. The minimum Gasteiger partial charge on any atom is -0.457 e. The summed E-state index contributed by atoms with van der Waals surface area (Å²) in [5.41, 5.74) is 1.89. The number of aliphatic hydroxyl groups is 2. The summed E-state index contributed by atoms with van der Waals surface area (Å²) in [6, 6.07) is 0. The Morgan fingerprint density at radius 3 is 2.52 bits per heavy atom. The average Bonchev–Trinajstić information content (AvgIpc) is 3.33. The van der Waals surface area contributed by atoms with E-state index in [9.17, 15) is 19.8 Å². The summed E-state index contributed by atoms with van der Waals surface area (Å²) < 4.78 is 6.51. The second kappa shape index (κ2) is 15.4. The second-order valence-electron chi connectivity index (χ2n) is 11.9. The number of Topliss-reactive ketones (excluding diaryl/α,β-unsaturated/α-hetero) is 1. The molecular weight excluding hydrogens is 563 g/mol. The van der Waals surface area contributed by atoms with E-state index in [0.717, 1.165) is 42.0 Å². The van der Waals surface area contributed by atoms with Crippen molar-refractivity contribution in [2.75, 3.05) is 11.5 Å². The highest BCUT2D eigenvalue weighted by atomic mass is 32.2. The van der Waals surface area contributed by atoms with Crippen molar-refractivity contribution in [1.82, 2.24) is 4.98 Å². The van der Waals surface area contributed by atoms with E-state index in [0.29, 0.717) is 11.0 Å². The summed E-state index contributed by atoms with van der Waals surface area (Å²) in [6.45, 7) is 10.9. The summed E-state index contributed by atoms with van der Waals surface area (Å²) in [5, 5.41) is 25.0. The Morgan fingerprint density at radius 2 is 1.88 bits per heavy atom. The van der Waals surface area contributed by atoms with Crippen LogP contribution in [0.1, 0.15) is 90.3 Å². The van der Waals surface area contributed by atoms with Gasteiger partial charge in [0.2, 0.25) is 0 Å². The van der Waals surface area contributed by atoms with Crippen molar-refractivity contribution >= 4 is 52.7 Å². The van der Waals surface area contributed by atoms with E-state index in [2.05, 4.69) is 11.1 Å². The maximum atomic E-state index is 13.4. The van der Waals surface area contributed by atoms with Crippen LogP contribution in [0.3, 0.4) is 0 Å². The van der Waals surface area contributed by atoms with Gasteiger partial charge in [-0.3, -0.25) is 9.59 Å². The Labute approximate surface area is 252 Å². The predicted molar refractivity (Wildman–Crippen MR) is 169 cm³/mol. The number of aryl methyl sites for hydroxylation is 1. The second-order valence-corrected chi connectivity index (χ2v) is 15.9. The van der Waals surface area contributed by atoms with Crippen molar-refractivity contribution in [2.24, 2.45) is 17.3 Å². The van der Waals surface area contributed by atoms with E-state index in [1.165, 1.54) is 23.5 Å². The molecule has 2 aliphatic rings. The first-order valence-corrected chi connectivity index (χ1v) is 17.5. The summed E-state index contributed by atoms with van der Waals surface area (Å²) in [7, 11) is 0. The van der Waals surface area contributed by atoms with E-state index in [1.807, 2.05) is 55.8 Å². The zero-order valence-corrected chi connectivity index (χ0v) is 27.3. The number of hydrogen-bond acceptors (Lipinski definition) is 9. The number of allylic oxidation sites excluding steroid dienone is 1. The van der Waals surface area contributed by atoms with Crippen LogP contribution in [-0.4, -0.2) is 61.3 Å². The van der Waals surface area contributed by atoms with Crippen molar-refractivity contribution in [2.45, 2.75) is 109 Å². The summed E-state index contributed by atoms with van der Waals surface area (Å²) in [4.78, 5) is 31.1. The number of ether oxygens (including phenoxy) is 1. The van der Waals surface area contributed by atoms with Crippen molar-refractivity contribution in [3.63, 3.8) is 0 Å². The molecule has 2 N–H and O–H groups in total. The van der Waals surface area contributed by atoms with Gasteiger partial charge in [0, 0.05) is 17.7 Å². The van der Waals surface area contributed by atoms with E-state index >= 15 is 0 Å². The van der Waals surface area contributed by atoms with Crippen LogP contribution < -0.4 is 0 Å². The molecule has 224 valence electrons. The largest absolute Gasteiger partial charge is 0.457 e. The fraction of sp³-hybridized carbons (Fsp3) is 0.710. The number of esters is 1. The van der Waals surface area contributed by atoms with E-state index in [4.69, 9.17) is 4.74 Å². The van der Waals surface area contributed by atoms with Gasteiger partial charge in [-0.2, -0.15) is 0 Å².